The number of ether oxygens (including phenoxy) is 1. The normalized spacial score (nSPS) is 14.9. The second kappa shape index (κ2) is 5.55. The quantitative estimate of drug-likeness (QED) is 0.591. The largest absolute Gasteiger partial charge is 0.378 e. The number of hydrogen-bond acceptors (Lipinski definition) is 5. The van der Waals surface area contributed by atoms with E-state index in [0.717, 1.165) is 18.8 Å². The molecule has 0 spiro atoms. The first-order valence-electron chi connectivity index (χ1n) is 5.30. The van der Waals surface area contributed by atoms with Gasteiger partial charge >= 0.3 is 0 Å². The summed E-state index contributed by atoms with van der Waals surface area (Å²) in [5.74, 6) is 0. The van der Waals surface area contributed by atoms with E-state index in [-0.39, 0.29) is 0 Å². The smallest absolute Gasteiger partial charge is 0.0992 e. The highest BCUT2D eigenvalue weighted by Gasteiger charge is 2.14. The molecule has 0 radical (unpaired) electrons. The van der Waals surface area contributed by atoms with Crippen LogP contribution in [0.25, 0.3) is 0 Å². The second-order valence-electron chi connectivity index (χ2n) is 3.62. The number of thiocarbonyl (C=S) groups is 1. The minimum absolute atomic E-state index is 0.575. The zero-order valence-electron chi connectivity index (χ0n) is 9.22. The number of benzene rings is 1. The molecule has 1 fully saturated rings. The van der Waals surface area contributed by atoms with Crippen molar-refractivity contribution >= 4 is 28.8 Å². The summed E-state index contributed by atoms with van der Waals surface area (Å²) < 4.78 is 5.31. The number of anilines is 1. The van der Waals surface area contributed by atoms with Gasteiger partial charge in [-0.2, -0.15) is 10.3 Å². The van der Waals surface area contributed by atoms with Crippen molar-refractivity contribution in [3.05, 3.63) is 23.8 Å². The predicted octanol–water partition coefficient (Wildman–Crippen LogP) is 2.13. The Balaban J connectivity index is 2.38. The van der Waals surface area contributed by atoms with Crippen molar-refractivity contribution in [3.63, 3.8) is 0 Å². The van der Waals surface area contributed by atoms with Crippen molar-refractivity contribution < 1.29 is 4.74 Å². The molecule has 5 heteroatoms. The zero-order chi connectivity index (χ0) is 12.1. The number of isothiocyanates is 1. The van der Waals surface area contributed by atoms with Gasteiger partial charge in [0.2, 0.25) is 0 Å². The summed E-state index contributed by atoms with van der Waals surface area (Å²) >= 11 is 4.63. The van der Waals surface area contributed by atoms with Crippen LogP contribution in [0.1, 0.15) is 5.56 Å². The number of nitriles is 1. The summed E-state index contributed by atoms with van der Waals surface area (Å²) in [6, 6.07) is 7.50. The molecule has 4 nitrogen and oxygen atoms in total. The molecule has 1 aliphatic rings. The number of nitrogens with zero attached hydrogens (tertiary/aromatic N) is 3. The van der Waals surface area contributed by atoms with Gasteiger partial charge in [0.05, 0.1) is 41.4 Å². The average Bonchev–Trinajstić information content (AvgIpc) is 2.40. The Bertz CT molecular complexity index is 497. The average molecular weight is 245 g/mol. The fourth-order valence-electron chi connectivity index (χ4n) is 1.80. The van der Waals surface area contributed by atoms with E-state index in [4.69, 9.17) is 10.00 Å². The topological polar surface area (TPSA) is 48.6 Å². The van der Waals surface area contributed by atoms with Crippen LogP contribution in [0.5, 0.6) is 0 Å². The van der Waals surface area contributed by atoms with Crippen molar-refractivity contribution in [1.82, 2.24) is 0 Å². The Hall–Kier alpha value is -1.73. The molecule has 0 bridgehead atoms. The van der Waals surface area contributed by atoms with E-state index in [1.165, 1.54) is 0 Å². The first-order chi connectivity index (χ1) is 8.35. The third-order valence-electron chi connectivity index (χ3n) is 2.62. The van der Waals surface area contributed by atoms with E-state index in [2.05, 4.69) is 33.3 Å². The highest BCUT2D eigenvalue weighted by molar-refractivity contribution is 7.78. The van der Waals surface area contributed by atoms with Crippen molar-refractivity contribution in [2.75, 3.05) is 31.2 Å². The van der Waals surface area contributed by atoms with Gasteiger partial charge in [-0.1, -0.05) is 0 Å². The summed E-state index contributed by atoms with van der Waals surface area (Å²) in [6.07, 6.45) is 0. The highest BCUT2D eigenvalue weighted by Crippen LogP contribution is 2.30. The molecule has 1 aromatic carbocycles. The van der Waals surface area contributed by atoms with Gasteiger partial charge in [-0.15, -0.1) is 0 Å². The van der Waals surface area contributed by atoms with Crippen molar-refractivity contribution in [2.45, 2.75) is 0 Å². The highest BCUT2D eigenvalue weighted by atomic mass is 32.1. The zero-order valence-corrected chi connectivity index (χ0v) is 10.0. The molecule has 0 aromatic heterocycles. The van der Waals surface area contributed by atoms with Gasteiger partial charge in [0.15, 0.2) is 0 Å². The molecule has 2 rings (SSSR count). The molecule has 1 aliphatic heterocycles. The van der Waals surface area contributed by atoms with E-state index in [0.29, 0.717) is 24.5 Å². The molecule has 1 saturated heterocycles. The van der Waals surface area contributed by atoms with E-state index in [9.17, 15) is 0 Å². The lowest BCUT2D eigenvalue weighted by molar-refractivity contribution is 0.123. The fourth-order valence-corrected chi connectivity index (χ4v) is 1.90. The molecule has 0 N–H and O–H groups in total. The van der Waals surface area contributed by atoms with Crippen LogP contribution in [-0.4, -0.2) is 31.5 Å². The van der Waals surface area contributed by atoms with Crippen LogP contribution >= 0.6 is 12.2 Å². The maximum absolute atomic E-state index is 8.86. The number of aliphatic imine (C=N–C) groups is 1. The maximum atomic E-state index is 8.86. The Kier molecular flexibility index (Phi) is 3.84. The van der Waals surface area contributed by atoms with Crippen molar-refractivity contribution in [3.8, 4) is 6.07 Å². The Morgan fingerprint density at radius 3 is 2.76 bits per heavy atom. The van der Waals surface area contributed by atoms with E-state index < -0.39 is 0 Å². The monoisotopic (exact) mass is 245 g/mol. The molecule has 0 unspecified atom stereocenters. The first-order valence-corrected chi connectivity index (χ1v) is 5.70. The molecular weight excluding hydrogens is 234 g/mol. The minimum atomic E-state index is 0.575. The lowest BCUT2D eigenvalue weighted by Crippen LogP contribution is -2.36. The SMILES string of the molecule is N#Cc1ccc(N2CCOCC2)c(N=C=S)c1. The summed E-state index contributed by atoms with van der Waals surface area (Å²) in [5.41, 5.74) is 2.25. The summed E-state index contributed by atoms with van der Waals surface area (Å²) in [5, 5.41) is 11.2. The van der Waals surface area contributed by atoms with E-state index in [1.807, 2.05) is 6.07 Å². The second-order valence-corrected chi connectivity index (χ2v) is 3.80. The first kappa shape index (κ1) is 11.7. The van der Waals surface area contributed by atoms with Crippen LogP contribution in [0.15, 0.2) is 23.2 Å². The van der Waals surface area contributed by atoms with Gasteiger partial charge in [0.25, 0.3) is 0 Å². The van der Waals surface area contributed by atoms with Crippen LogP contribution < -0.4 is 4.90 Å². The number of hydrogen-bond donors (Lipinski definition) is 0. The lowest BCUT2D eigenvalue weighted by Gasteiger charge is -2.29. The fraction of sp³-hybridized carbons (Fsp3) is 0.333. The third-order valence-corrected chi connectivity index (χ3v) is 2.71. The Labute approximate surface area is 105 Å². The van der Waals surface area contributed by atoms with Crippen LogP contribution in [0.4, 0.5) is 11.4 Å². The molecule has 0 aliphatic carbocycles. The maximum Gasteiger partial charge on any atom is 0.0992 e. The molecule has 17 heavy (non-hydrogen) atoms. The van der Waals surface area contributed by atoms with Gasteiger partial charge in [-0.3, -0.25) is 0 Å². The van der Waals surface area contributed by atoms with Gasteiger partial charge in [-0.05, 0) is 30.4 Å². The van der Waals surface area contributed by atoms with Crippen LogP contribution in [0.3, 0.4) is 0 Å². The van der Waals surface area contributed by atoms with Gasteiger partial charge < -0.3 is 9.64 Å². The lowest BCUT2D eigenvalue weighted by atomic mass is 10.1. The minimum Gasteiger partial charge on any atom is -0.378 e. The molecule has 86 valence electrons. The van der Waals surface area contributed by atoms with E-state index in [1.54, 1.807) is 12.1 Å². The summed E-state index contributed by atoms with van der Waals surface area (Å²) in [7, 11) is 0. The Morgan fingerprint density at radius 1 is 1.35 bits per heavy atom. The number of rotatable bonds is 2. The molecule has 1 aromatic rings. The molecule has 1 heterocycles. The van der Waals surface area contributed by atoms with Crippen LogP contribution in [0.2, 0.25) is 0 Å². The summed E-state index contributed by atoms with van der Waals surface area (Å²) in [6.45, 7) is 3.07. The molecule has 0 amide bonds. The Morgan fingerprint density at radius 2 is 2.12 bits per heavy atom. The van der Waals surface area contributed by atoms with Gasteiger partial charge in [0, 0.05) is 13.1 Å². The van der Waals surface area contributed by atoms with Crippen LogP contribution in [0, 0.1) is 11.3 Å². The van der Waals surface area contributed by atoms with Crippen LogP contribution in [-0.2, 0) is 4.74 Å². The number of morpholine rings is 1. The standard InChI is InChI=1S/C12H11N3OS/c13-8-10-1-2-12(11(7-10)14-9-17)15-3-5-16-6-4-15/h1-2,7H,3-6H2. The van der Waals surface area contributed by atoms with Gasteiger partial charge in [0.1, 0.15) is 0 Å². The molecule has 0 atom stereocenters. The predicted molar refractivity (Wildman–Crippen MR) is 68.9 cm³/mol. The van der Waals surface area contributed by atoms with Crippen molar-refractivity contribution in [1.29, 1.82) is 5.26 Å². The van der Waals surface area contributed by atoms with Crippen molar-refractivity contribution in [2.24, 2.45) is 4.99 Å². The van der Waals surface area contributed by atoms with Gasteiger partial charge in [-0.25, -0.2) is 0 Å². The molecular formula is C12H11N3OS. The summed E-state index contributed by atoms with van der Waals surface area (Å²) in [4.78, 5) is 6.20. The third kappa shape index (κ3) is 2.69. The molecule has 0 saturated carbocycles. The van der Waals surface area contributed by atoms with E-state index >= 15 is 0 Å².